The average Bonchev–Trinajstić information content (AvgIpc) is 2.37. The summed E-state index contributed by atoms with van der Waals surface area (Å²) in [6, 6.07) is 6.29. The molecule has 0 radical (unpaired) electrons. The van der Waals surface area contributed by atoms with Crippen molar-refractivity contribution in [2.45, 2.75) is 58.1 Å². The summed E-state index contributed by atoms with van der Waals surface area (Å²) >= 11 is 0. The summed E-state index contributed by atoms with van der Waals surface area (Å²) in [7, 11) is 0. The molecule has 1 saturated carbocycles. The number of benzene rings is 1. The molecule has 1 heterocycles. The zero-order valence-electron chi connectivity index (χ0n) is 12.8. The monoisotopic (exact) mass is 274 g/mol. The zero-order valence-corrected chi connectivity index (χ0v) is 12.8. The fourth-order valence-corrected chi connectivity index (χ4v) is 3.69. The van der Waals surface area contributed by atoms with Crippen LogP contribution < -0.4 is 15.4 Å². The van der Waals surface area contributed by atoms with Crippen molar-refractivity contribution in [1.82, 2.24) is 0 Å². The van der Waals surface area contributed by atoms with Gasteiger partial charge < -0.3 is 15.4 Å². The molecule has 2 aliphatic rings. The van der Waals surface area contributed by atoms with E-state index < -0.39 is 0 Å². The predicted molar refractivity (Wildman–Crippen MR) is 84.7 cm³/mol. The van der Waals surface area contributed by atoms with Crippen molar-refractivity contribution >= 4 is 11.4 Å². The van der Waals surface area contributed by atoms with Crippen molar-refractivity contribution in [2.24, 2.45) is 5.92 Å². The quantitative estimate of drug-likeness (QED) is 0.845. The van der Waals surface area contributed by atoms with Gasteiger partial charge >= 0.3 is 0 Å². The van der Waals surface area contributed by atoms with Crippen molar-refractivity contribution in [3.63, 3.8) is 0 Å². The van der Waals surface area contributed by atoms with Crippen LogP contribution >= 0.6 is 0 Å². The first kappa shape index (κ1) is 13.6. The molecular formula is C17H26N2O. The topological polar surface area (TPSA) is 33.3 Å². The fourth-order valence-electron chi connectivity index (χ4n) is 3.69. The molecule has 0 amide bonds. The van der Waals surface area contributed by atoms with E-state index in [1.807, 2.05) is 0 Å². The number of fused-ring (bicyclic) bond motifs is 1. The van der Waals surface area contributed by atoms with Gasteiger partial charge in [-0.3, -0.25) is 0 Å². The first-order valence-electron chi connectivity index (χ1n) is 7.90. The second-order valence-electron chi connectivity index (χ2n) is 6.81. The summed E-state index contributed by atoms with van der Waals surface area (Å²) in [4.78, 5) is 0. The number of para-hydroxylation sites is 1. The maximum Gasteiger partial charge on any atom is 0.144 e. The Kier molecular flexibility index (Phi) is 3.53. The first-order chi connectivity index (χ1) is 9.58. The minimum atomic E-state index is 0.203. The molecule has 2 N–H and O–H groups in total. The van der Waals surface area contributed by atoms with Gasteiger partial charge in [-0.2, -0.15) is 0 Å². The molecule has 2 unspecified atom stereocenters. The van der Waals surface area contributed by atoms with Crippen LogP contribution in [-0.2, 0) is 0 Å². The van der Waals surface area contributed by atoms with E-state index in [1.165, 1.54) is 31.4 Å². The minimum absolute atomic E-state index is 0.203. The van der Waals surface area contributed by atoms with Crippen molar-refractivity contribution in [2.75, 3.05) is 17.2 Å². The van der Waals surface area contributed by atoms with Gasteiger partial charge in [0.05, 0.1) is 17.3 Å². The van der Waals surface area contributed by atoms with Crippen LogP contribution in [0.25, 0.3) is 0 Å². The molecule has 1 aliphatic heterocycles. The summed E-state index contributed by atoms with van der Waals surface area (Å²) < 4.78 is 5.91. The van der Waals surface area contributed by atoms with Crippen LogP contribution in [0.15, 0.2) is 18.2 Å². The van der Waals surface area contributed by atoms with E-state index in [1.54, 1.807) is 0 Å². The molecule has 2 atom stereocenters. The van der Waals surface area contributed by atoms with Crippen LogP contribution in [0.2, 0.25) is 0 Å². The molecule has 0 aromatic heterocycles. The summed E-state index contributed by atoms with van der Waals surface area (Å²) in [5.74, 6) is 1.78. The Bertz CT molecular complexity index is 486. The van der Waals surface area contributed by atoms with Gasteiger partial charge in [0, 0.05) is 6.54 Å². The third-order valence-electron chi connectivity index (χ3n) is 4.48. The first-order valence-corrected chi connectivity index (χ1v) is 7.90. The van der Waals surface area contributed by atoms with Crippen molar-refractivity contribution in [3.8, 4) is 5.75 Å². The van der Waals surface area contributed by atoms with Gasteiger partial charge in [-0.05, 0) is 44.7 Å². The minimum Gasteiger partial charge on any atom is -0.489 e. The Morgan fingerprint density at radius 3 is 2.95 bits per heavy atom. The third kappa shape index (κ3) is 2.58. The van der Waals surface area contributed by atoms with Gasteiger partial charge in [-0.15, -0.1) is 0 Å². The smallest absolute Gasteiger partial charge is 0.144 e. The van der Waals surface area contributed by atoms with Crippen LogP contribution in [0.4, 0.5) is 11.4 Å². The average molecular weight is 274 g/mol. The van der Waals surface area contributed by atoms with Crippen molar-refractivity contribution in [3.05, 3.63) is 18.2 Å². The van der Waals surface area contributed by atoms with Gasteiger partial charge in [0.2, 0.25) is 0 Å². The summed E-state index contributed by atoms with van der Waals surface area (Å²) in [6.07, 6.45) is 5.42. The Morgan fingerprint density at radius 2 is 2.20 bits per heavy atom. The van der Waals surface area contributed by atoms with E-state index >= 15 is 0 Å². The van der Waals surface area contributed by atoms with Gasteiger partial charge in [0.25, 0.3) is 0 Å². The second-order valence-corrected chi connectivity index (χ2v) is 6.81. The van der Waals surface area contributed by atoms with Crippen LogP contribution in [0, 0.1) is 5.92 Å². The largest absolute Gasteiger partial charge is 0.489 e. The van der Waals surface area contributed by atoms with E-state index in [-0.39, 0.29) is 11.6 Å². The molecule has 1 aromatic carbocycles. The lowest BCUT2D eigenvalue weighted by atomic mass is 9.75. The highest BCUT2D eigenvalue weighted by molar-refractivity contribution is 5.78. The van der Waals surface area contributed by atoms with Crippen LogP contribution in [0.3, 0.4) is 0 Å². The maximum atomic E-state index is 5.91. The number of nitrogens with one attached hydrogen (secondary N) is 2. The van der Waals surface area contributed by atoms with E-state index in [0.717, 1.165) is 23.9 Å². The lowest BCUT2D eigenvalue weighted by molar-refractivity contribution is 0.241. The Balaban J connectivity index is 1.85. The molecule has 110 valence electrons. The number of rotatable bonds is 2. The second kappa shape index (κ2) is 5.19. The molecule has 3 nitrogen and oxygen atoms in total. The highest BCUT2D eigenvalue weighted by atomic mass is 16.5. The van der Waals surface area contributed by atoms with E-state index in [9.17, 15) is 0 Å². The Labute approximate surface area is 122 Å². The number of hydrogen-bond acceptors (Lipinski definition) is 3. The van der Waals surface area contributed by atoms with E-state index in [4.69, 9.17) is 4.74 Å². The van der Waals surface area contributed by atoms with Gasteiger partial charge in [0.1, 0.15) is 11.4 Å². The molecule has 1 aromatic rings. The molecule has 0 bridgehead atoms. The molecule has 1 fully saturated rings. The maximum absolute atomic E-state index is 5.91. The summed E-state index contributed by atoms with van der Waals surface area (Å²) in [5, 5.41) is 7.44. The summed E-state index contributed by atoms with van der Waals surface area (Å²) in [5.41, 5.74) is 2.56. The number of ether oxygens (including phenoxy) is 1. The van der Waals surface area contributed by atoms with Crippen LogP contribution in [0.1, 0.15) is 46.5 Å². The Morgan fingerprint density at radius 1 is 1.35 bits per heavy atom. The predicted octanol–water partition coefficient (Wildman–Crippen LogP) is 4.26. The molecule has 1 spiro atoms. The lowest BCUT2D eigenvalue weighted by Crippen LogP contribution is -2.50. The van der Waals surface area contributed by atoms with E-state index in [2.05, 4.69) is 49.6 Å². The van der Waals surface area contributed by atoms with Crippen LogP contribution in [0.5, 0.6) is 5.75 Å². The SMILES string of the molecule is CC1CCCC2(CNc3c(cccc3OC(C)C)N2)C1. The molecule has 0 saturated heterocycles. The van der Waals surface area contributed by atoms with E-state index in [0.29, 0.717) is 0 Å². The van der Waals surface area contributed by atoms with Crippen LogP contribution in [-0.4, -0.2) is 18.2 Å². The lowest BCUT2D eigenvalue weighted by Gasteiger charge is -2.45. The summed E-state index contributed by atoms with van der Waals surface area (Å²) in [6.45, 7) is 7.51. The Hall–Kier alpha value is -1.38. The normalized spacial score (nSPS) is 28.7. The molecular weight excluding hydrogens is 248 g/mol. The standard InChI is InChI=1S/C17H26N2O/c1-12(2)20-15-8-4-7-14-16(15)18-11-17(19-14)9-5-6-13(3)10-17/h4,7-8,12-13,18-19H,5-6,9-11H2,1-3H3. The van der Waals surface area contributed by atoms with Crippen molar-refractivity contribution in [1.29, 1.82) is 0 Å². The third-order valence-corrected chi connectivity index (χ3v) is 4.48. The number of anilines is 2. The molecule has 20 heavy (non-hydrogen) atoms. The highest BCUT2D eigenvalue weighted by Crippen LogP contribution is 2.43. The van der Waals surface area contributed by atoms with Crippen molar-refractivity contribution < 1.29 is 4.74 Å². The van der Waals surface area contributed by atoms with Gasteiger partial charge in [-0.1, -0.05) is 25.8 Å². The van der Waals surface area contributed by atoms with Gasteiger partial charge in [0.15, 0.2) is 0 Å². The molecule has 3 heteroatoms. The molecule has 1 aliphatic carbocycles. The molecule has 3 rings (SSSR count). The highest BCUT2D eigenvalue weighted by Gasteiger charge is 2.38. The van der Waals surface area contributed by atoms with Gasteiger partial charge in [-0.25, -0.2) is 0 Å². The number of hydrogen-bond donors (Lipinski definition) is 2. The fraction of sp³-hybridized carbons (Fsp3) is 0.647. The zero-order chi connectivity index (χ0) is 14.2.